The molecule has 2 aromatic carbocycles. The monoisotopic (exact) mass is 474 g/mol. The number of aromatic nitrogens is 3. The van der Waals surface area contributed by atoms with Crippen molar-refractivity contribution in [1.29, 1.82) is 0 Å². The molecule has 1 aromatic heterocycles. The van der Waals surface area contributed by atoms with E-state index in [2.05, 4.69) is 14.6 Å². The van der Waals surface area contributed by atoms with Gasteiger partial charge in [-0.1, -0.05) is 65.8 Å². The molecule has 0 N–H and O–H groups in total. The minimum absolute atomic E-state index is 0.0565. The van der Waals surface area contributed by atoms with Gasteiger partial charge in [-0.2, -0.15) is 23.4 Å². The van der Waals surface area contributed by atoms with Gasteiger partial charge in [0.15, 0.2) is 5.17 Å². The molecule has 0 saturated carbocycles. The Hall–Kier alpha value is -2.69. The Labute approximate surface area is 189 Å². The van der Waals surface area contributed by atoms with Crippen LogP contribution >= 0.6 is 23.4 Å². The van der Waals surface area contributed by atoms with Crippen LogP contribution in [0.5, 0.6) is 0 Å². The molecule has 160 valence electrons. The molecule has 0 bridgehead atoms. The molecule has 4 rings (SSSR count). The van der Waals surface area contributed by atoms with Crippen molar-refractivity contribution in [3.8, 4) is 0 Å². The van der Waals surface area contributed by atoms with E-state index in [4.69, 9.17) is 16.7 Å². The van der Waals surface area contributed by atoms with Gasteiger partial charge >= 0.3 is 10.0 Å². The van der Waals surface area contributed by atoms with Crippen molar-refractivity contribution in [3.05, 3.63) is 76.9 Å². The number of amidine groups is 1. The van der Waals surface area contributed by atoms with Gasteiger partial charge in [0.2, 0.25) is 5.03 Å². The highest BCUT2D eigenvalue weighted by Crippen LogP contribution is 2.31. The maximum Gasteiger partial charge on any atom is 0.305 e. The lowest BCUT2D eigenvalue weighted by atomic mass is 9.91. The highest BCUT2D eigenvalue weighted by Gasteiger charge is 2.32. The Morgan fingerprint density at radius 1 is 1.16 bits per heavy atom. The first-order valence-corrected chi connectivity index (χ1v) is 12.3. The van der Waals surface area contributed by atoms with Crippen molar-refractivity contribution in [2.24, 2.45) is 16.5 Å². The lowest BCUT2D eigenvalue weighted by Crippen LogP contribution is -2.24. The molecule has 2 heterocycles. The zero-order valence-corrected chi connectivity index (χ0v) is 19.1. The minimum atomic E-state index is -4.01. The molecule has 0 radical (unpaired) electrons. The van der Waals surface area contributed by atoms with Crippen molar-refractivity contribution in [2.45, 2.75) is 10.9 Å². The average molecular weight is 475 g/mol. The van der Waals surface area contributed by atoms with Gasteiger partial charge < -0.3 is 0 Å². The summed E-state index contributed by atoms with van der Waals surface area (Å²) in [5, 5.41) is 14.8. The highest BCUT2D eigenvalue weighted by molar-refractivity contribution is 8.13. The summed E-state index contributed by atoms with van der Waals surface area (Å²) >= 11 is 7.26. The Kier molecular flexibility index (Phi) is 6.12. The van der Waals surface area contributed by atoms with E-state index in [-0.39, 0.29) is 16.1 Å². The molecule has 1 aliphatic rings. The SMILES string of the molecule is CS/C(=N\S(=O)(=O)c1cnn(C)n1)N1CC(c2ccccc2)C(c2ccc(Cl)cc2)=N1. The molecule has 0 amide bonds. The number of nitrogens with zero attached hydrogens (tertiary/aromatic N) is 6. The number of rotatable bonds is 4. The Bertz CT molecular complexity index is 1240. The van der Waals surface area contributed by atoms with Crippen LogP contribution in [0.1, 0.15) is 17.0 Å². The maximum absolute atomic E-state index is 12.7. The average Bonchev–Trinajstić information content (AvgIpc) is 3.41. The first-order valence-electron chi connectivity index (χ1n) is 9.29. The van der Waals surface area contributed by atoms with E-state index in [9.17, 15) is 8.42 Å². The molecule has 1 unspecified atom stereocenters. The summed E-state index contributed by atoms with van der Waals surface area (Å²) in [5.41, 5.74) is 2.82. The summed E-state index contributed by atoms with van der Waals surface area (Å²) in [6.07, 6.45) is 2.94. The van der Waals surface area contributed by atoms with E-state index >= 15 is 0 Å². The van der Waals surface area contributed by atoms with Gasteiger partial charge in [0.1, 0.15) is 0 Å². The second-order valence-corrected chi connectivity index (χ2v) is 9.52. The molecular formula is C20H19ClN6O2S2. The lowest BCUT2D eigenvalue weighted by molar-refractivity contribution is 0.484. The van der Waals surface area contributed by atoms with Crippen LogP contribution in [0, 0.1) is 0 Å². The van der Waals surface area contributed by atoms with Gasteiger partial charge in [-0.15, -0.1) is 9.50 Å². The normalized spacial score (nSPS) is 17.1. The Morgan fingerprint density at radius 3 is 2.48 bits per heavy atom. The van der Waals surface area contributed by atoms with Gasteiger partial charge in [0.25, 0.3) is 0 Å². The van der Waals surface area contributed by atoms with Crippen molar-refractivity contribution in [3.63, 3.8) is 0 Å². The van der Waals surface area contributed by atoms with Crippen LogP contribution < -0.4 is 0 Å². The van der Waals surface area contributed by atoms with E-state index in [1.165, 1.54) is 22.8 Å². The number of benzene rings is 2. The second-order valence-electron chi connectivity index (χ2n) is 6.76. The molecule has 0 fully saturated rings. The summed E-state index contributed by atoms with van der Waals surface area (Å²) in [7, 11) is -2.47. The molecule has 31 heavy (non-hydrogen) atoms. The Morgan fingerprint density at radius 2 is 1.87 bits per heavy atom. The van der Waals surface area contributed by atoms with Gasteiger partial charge in [0.05, 0.1) is 18.5 Å². The third kappa shape index (κ3) is 4.65. The molecular weight excluding hydrogens is 456 g/mol. The van der Waals surface area contributed by atoms with Crippen LogP contribution in [-0.4, -0.2) is 52.1 Å². The smallest absolute Gasteiger partial charge is 0.240 e. The van der Waals surface area contributed by atoms with E-state index < -0.39 is 10.0 Å². The number of sulfonamides is 1. The topological polar surface area (TPSA) is 92.8 Å². The third-order valence-electron chi connectivity index (χ3n) is 4.70. The lowest BCUT2D eigenvalue weighted by Gasteiger charge is -2.16. The number of aryl methyl sites for hydroxylation is 1. The summed E-state index contributed by atoms with van der Waals surface area (Å²) < 4.78 is 29.4. The molecule has 3 aromatic rings. The zero-order valence-electron chi connectivity index (χ0n) is 16.8. The van der Waals surface area contributed by atoms with Crippen LogP contribution in [0.2, 0.25) is 5.02 Å². The van der Waals surface area contributed by atoms with Crippen molar-refractivity contribution in [2.75, 3.05) is 12.8 Å². The first-order chi connectivity index (χ1) is 14.9. The molecule has 11 heteroatoms. The predicted molar refractivity (Wildman–Crippen MR) is 123 cm³/mol. The largest absolute Gasteiger partial charge is 0.305 e. The molecule has 8 nitrogen and oxygen atoms in total. The second kappa shape index (κ2) is 8.81. The number of halogens is 1. The number of hydrogen-bond donors (Lipinski definition) is 0. The van der Waals surface area contributed by atoms with Crippen LogP contribution in [-0.2, 0) is 17.1 Å². The molecule has 1 atom stereocenters. The molecule has 0 aliphatic carbocycles. The fourth-order valence-corrected chi connectivity index (χ4v) is 5.07. The minimum Gasteiger partial charge on any atom is -0.240 e. The summed E-state index contributed by atoms with van der Waals surface area (Å²) in [6.45, 7) is 0.456. The van der Waals surface area contributed by atoms with Crippen LogP contribution in [0.3, 0.4) is 0 Å². The summed E-state index contributed by atoms with van der Waals surface area (Å²) in [4.78, 5) is 1.18. The van der Waals surface area contributed by atoms with E-state index in [0.29, 0.717) is 11.6 Å². The van der Waals surface area contributed by atoms with Crippen molar-refractivity contribution < 1.29 is 8.42 Å². The fourth-order valence-electron chi connectivity index (χ4n) is 3.23. The van der Waals surface area contributed by atoms with Crippen molar-refractivity contribution >= 4 is 44.3 Å². The van der Waals surface area contributed by atoms with Gasteiger partial charge in [0, 0.05) is 18.0 Å². The molecule has 0 spiro atoms. The predicted octanol–water partition coefficient (Wildman–Crippen LogP) is 3.38. The summed E-state index contributed by atoms with van der Waals surface area (Å²) in [5.74, 6) is -0.0565. The van der Waals surface area contributed by atoms with E-state index in [1.807, 2.05) is 54.6 Å². The van der Waals surface area contributed by atoms with Crippen LogP contribution in [0.25, 0.3) is 0 Å². The highest BCUT2D eigenvalue weighted by atomic mass is 35.5. The fraction of sp³-hybridized carbons (Fsp3) is 0.200. The Balaban J connectivity index is 1.74. The summed E-state index contributed by atoms with van der Waals surface area (Å²) in [6, 6.07) is 17.4. The van der Waals surface area contributed by atoms with Gasteiger partial charge in [-0.3, -0.25) is 0 Å². The quantitative estimate of drug-likeness (QED) is 0.425. The first kappa shape index (κ1) is 21.5. The van der Waals surface area contributed by atoms with Gasteiger partial charge in [-0.05, 0) is 29.5 Å². The van der Waals surface area contributed by atoms with E-state index in [0.717, 1.165) is 16.8 Å². The van der Waals surface area contributed by atoms with Crippen LogP contribution in [0.4, 0.5) is 0 Å². The standard InChI is InChI=1S/C20H19ClN6O2S2/c1-26-22-12-18(23-26)31(28,29)25-20(30-2)27-13-17(14-6-4-3-5-7-14)19(24-27)15-8-10-16(21)11-9-15/h3-12,17H,13H2,1-2H3/b25-20-. The number of hydrazone groups is 1. The zero-order chi connectivity index (χ0) is 22.0. The number of thioether (sulfide) groups is 1. The number of hydrogen-bond acceptors (Lipinski definition) is 6. The van der Waals surface area contributed by atoms with Crippen LogP contribution in [0.15, 0.2) is 75.3 Å². The maximum atomic E-state index is 12.7. The van der Waals surface area contributed by atoms with Crippen molar-refractivity contribution in [1.82, 2.24) is 20.0 Å². The van der Waals surface area contributed by atoms with Gasteiger partial charge in [-0.25, -0.2) is 5.01 Å². The third-order valence-corrected chi connectivity index (χ3v) is 6.86. The van der Waals surface area contributed by atoms with E-state index in [1.54, 1.807) is 18.3 Å². The molecule has 1 aliphatic heterocycles. The molecule has 0 saturated heterocycles.